The van der Waals surface area contributed by atoms with E-state index in [-0.39, 0.29) is 17.5 Å². The maximum atomic E-state index is 13.2. The van der Waals surface area contributed by atoms with E-state index < -0.39 is 0 Å². The standard InChI is InChI=1S/C13H17FN2O/c14-9-1-2-12-10(7-9)11(15)8-13(17-12)3-5-16-6-4-13/h1-2,7,11,16H,3-6,8,15H2/t11-/m1/s1. The summed E-state index contributed by atoms with van der Waals surface area (Å²) in [5.74, 6) is 0.510. The molecule has 0 amide bonds. The number of hydrogen-bond donors (Lipinski definition) is 2. The number of halogens is 1. The first kappa shape index (κ1) is 11.0. The smallest absolute Gasteiger partial charge is 0.125 e. The van der Waals surface area contributed by atoms with Crippen molar-refractivity contribution in [3.05, 3.63) is 29.6 Å². The Morgan fingerprint density at radius 1 is 1.35 bits per heavy atom. The van der Waals surface area contributed by atoms with Gasteiger partial charge >= 0.3 is 0 Å². The molecule has 0 aliphatic carbocycles. The quantitative estimate of drug-likeness (QED) is 0.721. The summed E-state index contributed by atoms with van der Waals surface area (Å²) in [6, 6.07) is 4.51. The van der Waals surface area contributed by atoms with Crippen LogP contribution in [-0.2, 0) is 0 Å². The SMILES string of the molecule is N[C@@H]1CC2(CCNCC2)Oc2ccc(F)cc21. The van der Waals surface area contributed by atoms with E-state index in [1.165, 1.54) is 12.1 Å². The minimum Gasteiger partial charge on any atom is -0.487 e. The molecule has 0 radical (unpaired) electrons. The summed E-state index contributed by atoms with van der Waals surface area (Å²) in [5, 5.41) is 3.32. The molecule has 1 saturated heterocycles. The summed E-state index contributed by atoms with van der Waals surface area (Å²) in [4.78, 5) is 0. The van der Waals surface area contributed by atoms with Crippen LogP contribution in [0.15, 0.2) is 18.2 Å². The largest absolute Gasteiger partial charge is 0.487 e. The predicted octanol–water partition coefficient (Wildman–Crippen LogP) is 1.73. The fourth-order valence-electron chi connectivity index (χ4n) is 2.88. The van der Waals surface area contributed by atoms with Crippen LogP contribution in [0.3, 0.4) is 0 Å². The third kappa shape index (κ3) is 1.91. The van der Waals surface area contributed by atoms with Crippen molar-refractivity contribution in [3.8, 4) is 5.75 Å². The van der Waals surface area contributed by atoms with Gasteiger partial charge in [0.2, 0.25) is 0 Å². The van der Waals surface area contributed by atoms with Crippen LogP contribution < -0.4 is 15.8 Å². The minimum atomic E-state index is -0.246. The highest BCUT2D eigenvalue weighted by Crippen LogP contribution is 2.42. The lowest BCUT2D eigenvalue weighted by molar-refractivity contribution is 0.00776. The Kier molecular flexibility index (Phi) is 2.56. The second kappa shape index (κ2) is 3.96. The van der Waals surface area contributed by atoms with Gasteiger partial charge in [-0.3, -0.25) is 0 Å². The molecule has 1 aromatic carbocycles. The zero-order valence-corrected chi connectivity index (χ0v) is 9.71. The van der Waals surface area contributed by atoms with Crippen LogP contribution in [0.25, 0.3) is 0 Å². The molecule has 92 valence electrons. The van der Waals surface area contributed by atoms with E-state index in [2.05, 4.69) is 5.32 Å². The maximum Gasteiger partial charge on any atom is 0.125 e. The normalized spacial score (nSPS) is 26.4. The lowest BCUT2D eigenvalue weighted by atomic mass is 9.81. The van der Waals surface area contributed by atoms with Gasteiger partial charge in [0.15, 0.2) is 0 Å². The molecular formula is C13H17FN2O. The van der Waals surface area contributed by atoms with Gasteiger partial charge in [-0.05, 0) is 44.1 Å². The van der Waals surface area contributed by atoms with Crippen LogP contribution in [-0.4, -0.2) is 18.7 Å². The third-order valence-corrected chi connectivity index (χ3v) is 3.80. The number of fused-ring (bicyclic) bond motifs is 1. The molecule has 3 nitrogen and oxygen atoms in total. The number of benzene rings is 1. The van der Waals surface area contributed by atoms with Crippen molar-refractivity contribution in [1.29, 1.82) is 0 Å². The highest BCUT2D eigenvalue weighted by atomic mass is 19.1. The summed E-state index contributed by atoms with van der Waals surface area (Å²) in [7, 11) is 0. The predicted molar refractivity (Wildman–Crippen MR) is 63.4 cm³/mol. The Hall–Kier alpha value is -1.13. The zero-order valence-electron chi connectivity index (χ0n) is 9.71. The van der Waals surface area contributed by atoms with E-state index >= 15 is 0 Å². The van der Waals surface area contributed by atoms with Gasteiger partial charge in [-0.25, -0.2) is 4.39 Å². The van der Waals surface area contributed by atoms with E-state index in [9.17, 15) is 4.39 Å². The Bertz CT molecular complexity index is 429. The van der Waals surface area contributed by atoms with Crippen molar-refractivity contribution in [2.75, 3.05) is 13.1 Å². The van der Waals surface area contributed by atoms with Crippen molar-refractivity contribution in [1.82, 2.24) is 5.32 Å². The van der Waals surface area contributed by atoms with Crippen molar-refractivity contribution in [2.45, 2.75) is 30.9 Å². The fraction of sp³-hybridized carbons (Fsp3) is 0.538. The number of nitrogens with two attached hydrogens (primary N) is 1. The molecule has 3 rings (SSSR count). The first-order valence-electron chi connectivity index (χ1n) is 6.13. The molecule has 4 heteroatoms. The molecule has 2 aliphatic rings. The van der Waals surface area contributed by atoms with Gasteiger partial charge < -0.3 is 15.8 Å². The van der Waals surface area contributed by atoms with E-state index in [0.717, 1.165) is 43.7 Å². The van der Waals surface area contributed by atoms with Gasteiger partial charge in [-0.2, -0.15) is 0 Å². The Morgan fingerprint density at radius 3 is 2.88 bits per heavy atom. The van der Waals surface area contributed by atoms with Crippen molar-refractivity contribution < 1.29 is 9.13 Å². The maximum absolute atomic E-state index is 13.2. The van der Waals surface area contributed by atoms with E-state index in [0.29, 0.717) is 0 Å². The topological polar surface area (TPSA) is 47.3 Å². The molecule has 3 N–H and O–H groups in total. The van der Waals surface area contributed by atoms with Crippen molar-refractivity contribution >= 4 is 0 Å². The first-order chi connectivity index (χ1) is 8.19. The molecule has 1 spiro atoms. The van der Waals surface area contributed by atoms with Gasteiger partial charge in [0, 0.05) is 18.0 Å². The van der Waals surface area contributed by atoms with E-state index in [1.54, 1.807) is 6.07 Å². The highest BCUT2D eigenvalue weighted by molar-refractivity contribution is 5.39. The Balaban J connectivity index is 1.94. The average Bonchev–Trinajstić information content (AvgIpc) is 2.31. The summed E-state index contributed by atoms with van der Waals surface area (Å²) in [6.07, 6.45) is 2.72. The van der Waals surface area contributed by atoms with Gasteiger partial charge in [0.05, 0.1) is 0 Å². The van der Waals surface area contributed by atoms with Crippen LogP contribution in [0.2, 0.25) is 0 Å². The minimum absolute atomic E-state index is 0.118. The average molecular weight is 236 g/mol. The molecule has 1 aromatic rings. The first-order valence-corrected chi connectivity index (χ1v) is 6.13. The number of piperidine rings is 1. The number of nitrogens with one attached hydrogen (secondary N) is 1. The van der Waals surface area contributed by atoms with Crippen LogP contribution in [0.4, 0.5) is 4.39 Å². The lowest BCUT2D eigenvalue weighted by Gasteiger charge is -2.43. The molecule has 17 heavy (non-hydrogen) atoms. The van der Waals surface area contributed by atoms with Crippen LogP contribution >= 0.6 is 0 Å². The van der Waals surface area contributed by atoms with Gasteiger partial charge in [-0.1, -0.05) is 0 Å². The van der Waals surface area contributed by atoms with Crippen LogP contribution in [0.5, 0.6) is 5.75 Å². The van der Waals surface area contributed by atoms with Gasteiger partial charge in [0.1, 0.15) is 17.2 Å². The second-order valence-corrected chi connectivity index (χ2v) is 5.03. The van der Waals surface area contributed by atoms with Crippen LogP contribution in [0, 0.1) is 5.82 Å². The third-order valence-electron chi connectivity index (χ3n) is 3.80. The molecule has 2 heterocycles. The Morgan fingerprint density at radius 2 is 2.12 bits per heavy atom. The summed E-state index contributed by atoms with van der Waals surface area (Å²) in [5.41, 5.74) is 6.81. The highest BCUT2D eigenvalue weighted by Gasteiger charge is 2.40. The second-order valence-electron chi connectivity index (χ2n) is 5.03. The van der Waals surface area contributed by atoms with Crippen molar-refractivity contribution in [2.24, 2.45) is 5.73 Å². The number of ether oxygens (including phenoxy) is 1. The molecule has 1 atom stereocenters. The molecule has 0 unspecified atom stereocenters. The molecule has 0 bridgehead atoms. The van der Waals surface area contributed by atoms with E-state index in [1.807, 2.05) is 0 Å². The monoisotopic (exact) mass is 236 g/mol. The molecule has 1 fully saturated rings. The summed E-state index contributed by atoms with van der Waals surface area (Å²) >= 11 is 0. The van der Waals surface area contributed by atoms with Crippen molar-refractivity contribution in [3.63, 3.8) is 0 Å². The molecule has 2 aliphatic heterocycles. The van der Waals surface area contributed by atoms with Gasteiger partial charge in [-0.15, -0.1) is 0 Å². The zero-order chi connectivity index (χ0) is 11.9. The fourth-order valence-corrected chi connectivity index (χ4v) is 2.88. The molecule has 0 saturated carbocycles. The summed E-state index contributed by atoms with van der Waals surface area (Å²) < 4.78 is 19.3. The summed E-state index contributed by atoms with van der Waals surface area (Å²) in [6.45, 7) is 1.92. The Labute approximate surface area is 100 Å². The molecular weight excluding hydrogens is 219 g/mol. The van der Waals surface area contributed by atoms with E-state index in [4.69, 9.17) is 10.5 Å². The number of hydrogen-bond acceptors (Lipinski definition) is 3. The number of rotatable bonds is 0. The van der Waals surface area contributed by atoms with Crippen LogP contribution in [0.1, 0.15) is 30.9 Å². The van der Waals surface area contributed by atoms with Gasteiger partial charge in [0.25, 0.3) is 0 Å². The lowest BCUT2D eigenvalue weighted by Crippen LogP contribution is -2.50. The molecule has 0 aromatic heterocycles.